The third-order valence-corrected chi connectivity index (χ3v) is 4.47. The van der Waals surface area contributed by atoms with E-state index in [4.69, 9.17) is 9.52 Å². The van der Waals surface area contributed by atoms with E-state index in [2.05, 4.69) is 22.1 Å². The van der Waals surface area contributed by atoms with Crippen molar-refractivity contribution in [2.45, 2.75) is 45.2 Å². The number of aliphatic hydroxyl groups excluding tert-OH is 1. The molecule has 0 atom stereocenters. The SMILES string of the molecule is Cc1ncc(CN(C(=O)Nc2ccc(C#CCO)cc2)C2CCCC2)o1. The molecule has 1 fully saturated rings. The van der Waals surface area contributed by atoms with Crippen molar-refractivity contribution in [3.05, 3.63) is 47.7 Å². The Labute approximate surface area is 153 Å². The van der Waals surface area contributed by atoms with Crippen LogP contribution in [0.25, 0.3) is 0 Å². The molecule has 6 nitrogen and oxygen atoms in total. The fraction of sp³-hybridized carbons (Fsp3) is 0.400. The third kappa shape index (κ3) is 4.64. The molecule has 0 spiro atoms. The lowest BCUT2D eigenvalue weighted by Crippen LogP contribution is -2.41. The molecule has 0 bridgehead atoms. The van der Waals surface area contributed by atoms with Crippen molar-refractivity contribution >= 4 is 11.7 Å². The minimum absolute atomic E-state index is 0.139. The zero-order valence-electron chi connectivity index (χ0n) is 14.9. The molecule has 2 N–H and O–H groups in total. The van der Waals surface area contributed by atoms with Crippen LogP contribution in [0.5, 0.6) is 0 Å². The smallest absolute Gasteiger partial charge is 0.322 e. The number of rotatable bonds is 4. The van der Waals surface area contributed by atoms with E-state index >= 15 is 0 Å². The molecular formula is C20H23N3O3. The van der Waals surface area contributed by atoms with Crippen LogP contribution in [-0.2, 0) is 6.54 Å². The van der Waals surface area contributed by atoms with Crippen LogP contribution in [-0.4, -0.2) is 33.7 Å². The number of amides is 2. The van der Waals surface area contributed by atoms with Crippen LogP contribution >= 0.6 is 0 Å². The first-order chi connectivity index (χ1) is 12.7. The number of aromatic nitrogens is 1. The molecule has 6 heteroatoms. The highest BCUT2D eigenvalue weighted by Gasteiger charge is 2.27. The van der Waals surface area contributed by atoms with Crippen LogP contribution in [0, 0.1) is 18.8 Å². The normalized spacial score (nSPS) is 13.9. The Morgan fingerprint density at radius 2 is 2.08 bits per heavy atom. The fourth-order valence-electron chi connectivity index (χ4n) is 3.20. The Kier molecular flexibility index (Phi) is 5.92. The Hall–Kier alpha value is -2.78. The zero-order chi connectivity index (χ0) is 18.4. The highest BCUT2D eigenvalue weighted by atomic mass is 16.4. The van der Waals surface area contributed by atoms with Crippen LogP contribution in [0.1, 0.15) is 42.9 Å². The maximum Gasteiger partial charge on any atom is 0.322 e. The minimum atomic E-state index is -0.171. The van der Waals surface area contributed by atoms with Gasteiger partial charge in [0.25, 0.3) is 0 Å². The lowest BCUT2D eigenvalue weighted by molar-refractivity contribution is 0.178. The predicted octanol–water partition coefficient (Wildman–Crippen LogP) is 3.30. The second kappa shape index (κ2) is 8.54. The van der Waals surface area contributed by atoms with E-state index in [1.807, 2.05) is 29.2 Å². The number of carbonyl (C=O) groups excluding carboxylic acids is 1. The number of hydrogen-bond donors (Lipinski definition) is 2. The fourth-order valence-corrected chi connectivity index (χ4v) is 3.20. The first-order valence-corrected chi connectivity index (χ1v) is 8.84. The molecule has 0 unspecified atom stereocenters. The van der Waals surface area contributed by atoms with Gasteiger partial charge >= 0.3 is 6.03 Å². The average molecular weight is 353 g/mol. The van der Waals surface area contributed by atoms with Crippen molar-refractivity contribution < 1.29 is 14.3 Å². The van der Waals surface area contributed by atoms with Crippen LogP contribution in [0.15, 0.2) is 34.9 Å². The number of benzene rings is 1. The predicted molar refractivity (Wildman–Crippen MR) is 98.5 cm³/mol. The molecule has 0 radical (unpaired) electrons. The molecule has 26 heavy (non-hydrogen) atoms. The Balaban J connectivity index is 1.70. The molecule has 2 aromatic rings. The van der Waals surface area contributed by atoms with Gasteiger partial charge < -0.3 is 19.7 Å². The number of aryl methyl sites for hydroxylation is 1. The summed E-state index contributed by atoms with van der Waals surface area (Å²) in [7, 11) is 0. The van der Waals surface area contributed by atoms with E-state index in [1.165, 1.54) is 0 Å². The first-order valence-electron chi connectivity index (χ1n) is 8.84. The topological polar surface area (TPSA) is 78.6 Å². The number of nitrogens with one attached hydrogen (secondary N) is 1. The average Bonchev–Trinajstić information content (AvgIpc) is 3.30. The molecule has 136 valence electrons. The van der Waals surface area contributed by atoms with E-state index in [-0.39, 0.29) is 18.7 Å². The van der Waals surface area contributed by atoms with E-state index in [0.29, 0.717) is 23.9 Å². The maximum atomic E-state index is 12.9. The van der Waals surface area contributed by atoms with Gasteiger partial charge in [-0.15, -0.1) is 0 Å². The molecule has 1 aromatic carbocycles. The summed E-state index contributed by atoms with van der Waals surface area (Å²) in [4.78, 5) is 18.8. The number of anilines is 1. The number of nitrogens with zero attached hydrogens (tertiary/aromatic N) is 2. The molecular weight excluding hydrogens is 330 g/mol. The summed E-state index contributed by atoms with van der Waals surface area (Å²) in [6.07, 6.45) is 5.98. The van der Waals surface area contributed by atoms with E-state index in [9.17, 15) is 4.79 Å². The molecule has 1 heterocycles. The minimum Gasteiger partial charge on any atom is -0.444 e. The number of hydrogen-bond acceptors (Lipinski definition) is 4. The van der Waals surface area contributed by atoms with Crippen molar-refractivity contribution in [2.24, 2.45) is 0 Å². The van der Waals surface area contributed by atoms with Gasteiger partial charge in [0.15, 0.2) is 5.89 Å². The molecule has 3 rings (SSSR count). The van der Waals surface area contributed by atoms with Gasteiger partial charge in [-0.25, -0.2) is 9.78 Å². The first kappa shape index (κ1) is 18.0. The summed E-state index contributed by atoms with van der Waals surface area (Å²) in [6, 6.07) is 7.33. The maximum absolute atomic E-state index is 12.9. The molecule has 0 saturated heterocycles. The summed E-state index contributed by atoms with van der Waals surface area (Å²) in [5.41, 5.74) is 1.50. The summed E-state index contributed by atoms with van der Waals surface area (Å²) in [5.74, 6) is 6.73. The van der Waals surface area contributed by atoms with E-state index in [1.54, 1.807) is 13.1 Å². The van der Waals surface area contributed by atoms with Gasteiger partial charge in [0, 0.05) is 24.2 Å². The van der Waals surface area contributed by atoms with Crippen molar-refractivity contribution in [1.29, 1.82) is 0 Å². The van der Waals surface area contributed by atoms with Gasteiger partial charge in [-0.1, -0.05) is 24.7 Å². The number of carbonyl (C=O) groups is 1. The molecule has 1 aliphatic carbocycles. The third-order valence-electron chi connectivity index (χ3n) is 4.47. The lowest BCUT2D eigenvalue weighted by atomic mass is 10.2. The van der Waals surface area contributed by atoms with Crippen molar-refractivity contribution in [3.8, 4) is 11.8 Å². The van der Waals surface area contributed by atoms with Gasteiger partial charge in [-0.2, -0.15) is 0 Å². The van der Waals surface area contributed by atoms with Gasteiger partial charge in [-0.3, -0.25) is 0 Å². The molecule has 1 aliphatic rings. The number of aliphatic hydroxyl groups is 1. The van der Waals surface area contributed by atoms with Gasteiger partial charge in [0.05, 0.1) is 12.7 Å². The van der Waals surface area contributed by atoms with Crippen LogP contribution in [0.2, 0.25) is 0 Å². The molecule has 0 aliphatic heterocycles. The van der Waals surface area contributed by atoms with Crippen molar-refractivity contribution in [2.75, 3.05) is 11.9 Å². The Bertz CT molecular complexity index is 796. The van der Waals surface area contributed by atoms with Crippen LogP contribution in [0.3, 0.4) is 0 Å². The van der Waals surface area contributed by atoms with Gasteiger partial charge in [0.2, 0.25) is 0 Å². The summed E-state index contributed by atoms with van der Waals surface area (Å²) < 4.78 is 5.56. The van der Waals surface area contributed by atoms with E-state index in [0.717, 1.165) is 31.2 Å². The zero-order valence-corrected chi connectivity index (χ0v) is 14.9. The van der Waals surface area contributed by atoms with Crippen molar-refractivity contribution in [3.63, 3.8) is 0 Å². The summed E-state index contributed by atoms with van der Waals surface area (Å²) in [5, 5.41) is 11.7. The second-order valence-electron chi connectivity index (χ2n) is 6.38. The summed E-state index contributed by atoms with van der Waals surface area (Å²) >= 11 is 0. The van der Waals surface area contributed by atoms with Crippen LogP contribution < -0.4 is 5.32 Å². The highest BCUT2D eigenvalue weighted by molar-refractivity contribution is 5.89. The second-order valence-corrected chi connectivity index (χ2v) is 6.38. The van der Waals surface area contributed by atoms with Gasteiger partial charge in [-0.05, 0) is 37.1 Å². The number of oxazole rings is 1. The highest BCUT2D eigenvalue weighted by Crippen LogP contribution is 2.26. The Morgan fingerprint density at radius 3 is 2.69 bits per heavy atom. The monoisotopic (exact) mass is 353 g/mol. The quantitative estimate of drug-likeness (QED) is 0.827. The molecule has 2 amide bonds. The van der Waals surface area contributed by atoms with Gasteiger partial charge in [0.1, 0.15) is 12.4 Å². The van der Waals surface area contributed by atoms with Crippen molar-refractivity contribution in [1.82, 2.24) is 9.88 Å². The van der Waals surface area contributed by atoms with E-state index < -0.39 is 0 Å². The lowest BCUT2D eigenvalue weighted by Gasteiger charge is -2.28. The Morgan fingerprint density at radius 1 is 1.35 bits per heavy atom. The number of urea groups is 1. The largest absolute Gasteiger partial charge is 0.444 e. The molecule has 1 aromatic heterocycles. The summed E-state index contributed by atoms with van der Waals surface area (Å²) in [6.45, 7) is 2.04. The molecule has 1 saturated carbocycles. The van der Waals surface area contributed by atoms with Crippen LogP contribution in [0.4, 0.5) is 10.5 Å². The standard InChI is InChI=1S/C20H23N3O3/c1-15-21-13-19(26-15)14-23(18-6-2-3-7-18)20(25)22-17-10-8-16(9-11-17)5-4-12-24/h8-11,13,18,24H,2-3,6-7,12,14H2,1H3,(H,22,25).